The van der Waals surface area contributed by atoms with E-state index in [9.17, 15) is 0 Å². The molecule has 4 fully saturated rings. The standard InChI is InChI=1S/C91H97BN4/c1-86(2,3)61-30-36-66(37-31-61)94(67-38-32-62(33-39-67)87(4,5)6)69-40-41-76-79(52-69)95(68-34-28-58(29-35-68)60-27-26-57-20-15-16-21-59(57)49-60)80-50-63(88(7,8)9)51-81-83(80)92(76)85-84(71-53-74-75(54-78(71)93(85)14)90(12,13)43-42-89(74,10)11)96(81)77-25-19-24-73-82(77)70-22-17-18-23-72(70)91(73)64-45-55-44-56(47-64)48-65(91)46-55/h17-19,22-41,49-56,64-65H,15-16,20-21,42-48H2,1-14H3. The summed E-state index contributed by atoms with van der Waals surface area (Å²) in [7, 11) is 2.43. The van der Waals surface area contributed by atoms with Crippen molar-refractivity contribution in [3.05, 3.63) is 226 Å². The molecule has 4 nitrogen and oxygen atoms in total. The molecule has 0 unspecified atom stereocenters. The molecular weight excluding hydrogens is 1160 g/mol. The first-order valence-electron chi connectivity index (χ1n) is 36.9. The van der Waals surface area contributed by atoms with Gasteiger partial charge in [-0.3, -0.25) is 0 Å². The van der Waals surface area contributed by atoms with Gasteiger partial charge in [-0.15, -0.1) is 0 Å². The largest absolute Gasteiger partial charge is 0.353 e. The van der Waals surface area contributed by atoms with E-state index in [0.29, 0.717) is 11.8 Å². The average molecular weight is 1260 g/mol. The van der Waals surface area contributed by atoms with Crippen molar-refractivity contribution >= 4 is 85.3 Å². The van der Waals surface area contributed by atoms with Crippen LogP contribution in [0.3, 0.4) is 0 Å². The number of hydrogen-bond donors (Lipinski definition) is 0. The van der Waals surface area contributed by atoms with Crippen LogP contribution in [0.2, 0.25) is 0 Å². The van der Waals surface area contributed by atoms with Crippen LogP contribution in [0, 0.1) is 23.7 Å². The lowest BCUT2D eigenvalue weighted by Gasteiger charge is -2.61. The Morgan fingerprint density at radius 1 is 0.458 bits per heavy atom. The molecule has 3 heterocycles. The molecule has 19 rings (SSSR count). The minimum absolute atomic E-state index is 0.0142. The fourth-order valence-electron chi connectivity index (χ4n) is 20.9. The van der Waals surface area contributed by atoms with Crippen LogP contribution in [0.25, 0.3) is 33.2 Å². The fraction of sp³-hybridized carbons (Fsp3) is 0.385. The highest BCUT2D eigenvalue weighted by Crippen LogP contribution is 2.71. The summed E-state index contributed by atoms with van der Waals surface area (Å²) in [4.78, 5) is 8.10. The highest BCUT2D eigenvalue weighted by Gasteiger charge is 2.62. The van der Waals surface area contributed by atoms with Gasteiger partial charge in [0.1, 0.15) is 0 Å². The van der Waals surface area contributed by atoms with E-state index in [1.54, 1.807) is 11.1 Å². The monoisotopic (exact) mass is 1260 g/mol. The van der Waals surface area contributed by atoms with E-state index in [4.69, 9.17) is 0 Å². The number of aryl methyl sites for hydroxylation is 3. The van der Waals surface area contributed by atoms with Gasteiger partial charge in [0.15, 0.2) is 0 Å². The Labute approximate surface area is 573 Å². The van der Waals surface area contributed by atoms with E-state index in [1.807, 2.05) is 0 Å². The lowest BCUT2D eigenvalue weighted by molar-refractivity contribution is -0.0399. The zero-order valence-electron chi connectivity index (χ0n) is 59.7. The van der Waals surface area contributed by atoms with Crippen LogP contribution in [-0.4, -0.2) is 11.3 Å². The summed E-state index contributed by atoms with van der Waals surface area (Å²) < 4.78 is 2.68. The second kappa shape index (κ2) is 20.8. The van der Waals surface area contributed by atoms with Crippen molar-refractivity contribution in [2.24, 2.45) is 30.7 Å². The van der Waals surface area contributed by atoms with Crippen molar-refractivity contribution in [2.75, 3.05) is 14.7 Å². The molecule has 9 aromatic carbocycles. The minimum Gasteiger partial charge on any atom is -0.353 e. The summed E-state index contributed by atoms with van der Waals surface area (Å²) in [5.74, 6) is 3.06. The van der Waals surface area contributed by atoms with Crippen LogP contribution in [0.1, 0.15) is 198 Å². The van der Waals surface area contributed by atoms with Crippen LogP contribution >= 0.6 is 0 Å². The molecule has 0 saturated heterocycles. The molecule has 0 N–H and O–H groups in total. The smallest absolute Gasteiger partial charge is 0.272 e. The number of fused-ring (bicyclic) bond motifs is 11. The molecule has 484 valence electrons. The van der Waals surface area contributed by atoms with Gasteiger partial charge in [-0.2, -0.15) is 0 Å². The van der Waals surface area contributed by atoms with E-state index < -0.39 is 0 Å². The first-order valence-corrected chi connectivity index (χ1v) is 36.9. The van der Waals surface area contributed by atoms with E-state index in [2.05, 4.69) is 292 Å². The lowest BCUT2D eigenvalue weighted by atomic mass is 9.34. The highest BCUT2D eigenvalue weighted by molar-refractivity contribution is 7.00. The van der Waals surface area contributed by atoms with Crippen molar-refractivity contribution in [1.29, 1.82) is 0 Å². The number of aromatic nitrogens is 1. The second-order valence-electron chi connectivity index (χ2n) is 35.6. The van der Waals surface area contributed by atoms with Gasteiger partial charge in [0.25, 0.3) is 6.71 Å². The predicted octanol–water partition coefficient (Wildman–Crippen LogP) is 22.2. The van der Waals surface area contributed by atoms with Gasteiger partial charge in [0.05, 0.1) is 11.4 Å². The summed E-state index contributed by atoms with van der Waals surface area (Å²) in [6.45, 7) is 31.2. The summed E-state index contributed by atoms with van der Waals surface area (Å²) in [5.41, 5.74) is 35.1. The number of nitrogens with zero attached hydrogens (tertiary/aromatic N) is 4. The lowest BCUT2D eigenvalue weighted by Crippen LogP contribution is -2.63. The molecule has 7 aliphatic carbocycles. The van der Waals surface area contributed by atoms with Crippen LogP contribution in [-0.2, 0) is 52.4 Å². The Kier molecular flexibility index (Phi) is 13.1. The molecule has 0 atom stereocenters. The fourth-order valence-corrected chi connectivity index (χ4v) is 20.9. The Hall–Kier alpha value is -8.02. The molecule has 0 amide bonds. The Morgan fingerprint density at radius 3 is 1.65 bits per heavy atom. The first kappa shape index (κ1) is 60.4. The van der Waals surface area contributed by atoms with E-state index in [1.165, 1.54) is 181 Å². The molecule has 96 heavy (non-hydrogen) atoms. The molecule has 5 heteroatoms. The molecule has 10 aromatic rings. The second-order valence-corrected chi connectivity index (χ2v) is 35.6. The first-order chi connectivity index (χ1) is 45.8. The van der Waals surface area contributed by atoms with Crippen molar-refractivity contribution in [3.63, 3.8) is 0 Å². The molecule has 4 saturated carbocycles. The van der Waals surface area contributed by atoms with Crippen molar-refractivity contribution in [2.45, 2.75) is 193 Å². The quantitative estimate of drug-likeness (QED) is 0.154. The molecule has 4 bridgehead atoms. The number of benzene rings is 9. The zero-order chi connectivity index (χ0) is 66.1. The zero-order valence-corrected chi connectivity index (χ0v) is 59.7. The third-order valence-corrected chi connectivity index (χ3v) is 25.9. The topological polar surface area (TPSA) is 14.7 Å². The number of rotatable bonds is 6. The van der Waals surface area contributed by atoms with Gasteiger partial charge in [-0.25, -0.2) is 0 Å². The Morgan fingerprint density at radius 2 is 1.02 bits per heavy atom. The predicted molar refractivity (Wildman–Crippen MR) is 408 cm³/mol. The minimum atomic E-state index is -0.199. The van der Waals surface area contributed by atoms with E-state index in [-0.39, 0.29) is 39.2 Å². The summed E-state index contributed by atoms with van der Waals surface area (Å²) >= 11 is 0. The molecule has 0 radical (unpaired) electrons. The maximum atomic E-state index is 2.88. The molecule has 2 aliphatic heterocycles. The summed E-state index contributed by atoms with van der Waals surface area (Å²) in [6, 6.07) is 71.6. The van der Waals surface area contributed by atoms with Gasteiger partial charge in [-0.1, -0.05) is 187 Å². The average Bonchev–Trinajstić information content (AvgIpc) is 1.41. The summed E-state index contributed by atoms with van der Waals surface area (Å²) in [6.07, 6.45) is 14.1. The number of hydrogen-bond acceptors (Lipinski definition) is 3. The third-order valence-electron chi connectivity index (χ3n) is 25.9. The van der Waals surface area contributed by atoms with Gasteiger partial charge in [-0.05, 0) is 278 Å². The molecule has 1 spiro atoms. The number of anilines is 9. The normalized spacial score (nSPS) is 22.2. The van der Waals surface area contributed by atoms with Crippen molar-refractivity contribution in [3.8, 4) is 22.3 Å². The van der Waals surface area contributed by atoms with Gasteiger partial charge < -0.3 is 19.3 Å². The third kappa shape index (κ3) is 8.84. The maximum Gasteiger partial charge on any atom is 0.272 e. The van der Waals surface area contributed by atoms with Crippen molar-refractivity contribution < 1.29 is 0 Å². The SMILES string of the molecule is Cn1c2c(c3cc4c(cc31)C(C)(C)CCC4(C)C)N(c1cccc3c1-c1ccccc1C31C3CC4CC(C3)CC1C4)c1cc(C(C)(C)C)cc3c1B2c1ccc(N(c2ccc(C(C)(C)C)cc2)c2ccc(C(C)(C)C)cc2)cc1N3c1ccc(-c2ccc3c(c2)CCCC3)cc1. The van der Waals surface area contributed by atoms with Gasteiger partial charge in [0.2, 0.25) is 0 Å². The van der Waals surface area contributed by atoms with Crippen molar-refractivity contribution in [1.82, 2.24) is 4.57 Å². The molecule has 1 aromatic heterocycles. The van der Waals surface area contributed by atoms with Crippen LogP contribution in [0.15, 0.2) is 176 Å². The van der Waals surface area contributed by atoms with Gasteiger partial charge >= 0.3 is 0 Å². The van der Waals surface area contributed by atoms with Crippen LogP contribution in [0.5, 0.6) is 0 Å². The van der Waals surface area contributed by atoms with E-state index >= 15 is 0 Å². The Bertz CT molecular complexity index is 4770. The van der Waals surface area contributed by atoms with Crippen LogP contribution < -0.4 is 31.2 Å². The Balaban J connectivity index is 0.934. The van der Waals surface area contributed by atoms with E-state index in [0.717, 1.165) is 41.7 Å². The van der Waals surface area contributed by atoms with Gasteiger partial charge in [0, 0.05) is 74.3 Å². The summed E-state index contributed by atoms with van der Waals surface area (Å²) in [5, 5.41) is 1.36. The highest BCUT2D eigenvalue weighted by atomic mass is 15.2. The maximum absolute atomic E-state index is 2.88. The van der Waals surface area contributed by atoms with Crippen LogP contribution in [0.4, 0.5) is 51.2 Å². The molecule has 9 aliphatic rings. The molecular formula is C91H97BN4.